The van der Waals surface area contributed by atoms with Crippen molar-refractivity contribution in [2.24, 2.45) is 0 Å². The molecule has 0 spiro atoms. The zero-order valence-corrected chi connectivity index (χ0v) is 17.5. The second kappa shape index (κ2) is 8.67. The lowest BCUT2D eigenvalue weighted by Crippen LogP contribution is -2.23. The summed E-state index contributed by atoms with van der Waals surface area (Å²) in [5, 5.41) is 12.5. The Morgan fingerprint density at radius 1 is 0.879 bits per heavy atom. The van der Waals surface area contributed by atoms with Crippen LogP contribution < -0.4 is 5.32 Å². The lowest BCUT2D eigenvalue weighted by Gasteiger charge is -2.07. The zero-order chi connectivity index (χ0) is 22.8. The number of hydrogen-bond acceptors (Lipinski definition) is 2. The fraction of sp³-hybridized carbons (Fsp3) is 0.0370. The van der Waals surface area contributed by atoms with Crippen molar-refractivity contribution in [2.75, 3.05) is 0 Å². The molecule has 0 saturated heterocycles. The van der Waals surface area contributed by atoms with Gasteiger partial charge in [-0.1, -0.05) is 60.7 Å². The van der Waals surface area contributed by atoms with Gasteiger partial charge in [-0.05, 0) is 35.0 Å². The lowest BCUT2D eigenvalue weighted by atomic mass is 10.0. The van der Waals surface area contributed by atoms with E-state index in [4.69, 9.17) is 0 Å². The molecule has 0 aliphatic carbocycles. The van der Waals surface area contributed by atoms with Gasteiger partial charge in [0.25, 0.3) is 5.91 Å². The van der Waals surface area contributed by atoms with E-state index in [0.717, 1.165) is 45.4 Å². The van der Waals surface area contributed by atoms with Gasteiger partial charge >= 0.3 is 0 Å². The lowest BCUT2D eigenvalue weighted by molar-refractivity contribution is 0.0950. The average Bonchev–Trinajstić information content (AvgIpc) is 3.33. The molecule has 0 atom stereocenters. The molecular formula is C27H19F2N3O. The molecule has 5 rings (SSSR count). The maximum atomic E-state index is 13.8. The third-order valence-electron chi connectivity index (χ3n) is 5.56. The van der Waals surface area contributed by atoms with E-state index in [9.17, 15) is 13.6 Å². The van der Waals surface area contributed by atoms with Crippen molar-refractivity contribution in [1.82, 2.24) is 15.5 Å². The second-order valence-corrected chi connectivity index (χ2v) is 7.69. The first kappa shape index (κ1) is 20.6. The Morgan fingerprint density at radius 2 is 1.67 bits per heavy atom. The molecule has 33 heavy (non-hydrogen) atoms. The minimum Gasteiger partial charge on any atom is -0.348 e. The first-order chi connectivity index (χ1) is 16.1. The van der Waals surface area contributed by atoms with Crippen LogP contribution in [0.25, 0.3) is 33.3 Å². The Morgan fingerprint density at radius 3 is 2.48 bits per heavy atom. The van der Waals surface area contributed by atoms with Crippen molar-refractivity contribution in [3.63, 3.8) is 0 Å². The van der Waals surface area contributed by atoms with Gasteiger partial charge in [0, 0.05) is 34.9 Å². The zero-order valence-electron chi connectivity index (χ0n) is 17.5. The minimum absolute atomic E-state index is 0.0273. The topological polar surface area (TPSA) is 57.8 Å². The molecule has 6 heteroatoms. The number of aromatic amines is 1. The molecule has 162 valence electrons. The quantitative estimate of drug-likeness (QED) is 0.347. The number of hydrogen-bond donors (Lipinski definition) is 2. The second-order valence-electron chi connectivity index (χ2n) is 7.69. The highest BCUT2D eigenvalue weighted by atomic mass is 19.1. The number of fused-ring (bicyclic) bond motifs is 1. The predicted octanol–water partition coefficient (Wildman–Crippen LogP) is 6.11. The first-order valence-electron chi connectivity index (χ1n) is 10.4. The fourth-order valence-corrected chi connectivity index (χ4v) is 3.80. The molecule has 1 aromatic heterocycles. The van der Waals surface area contributed by atoms with E-state index in [0.29, 0.717) is 5.56 Å². The van der Waals surface area contributed by atoms with Crippen molar-refractivity contribution in [1.29, 1.82) is 0 Å². The SMILES string of the molecule is O=C(NCc1ccc(F)cc1F)c1ccc(-c2cc(-c3cccc4ccccc34)[nH]n2)cc1. The number of aromatic nitrogens is 2. The molecular weight excluding hydrogens is 420 g/mol. The molecule has 1 amide bonds. The maximum Gasteiger partial charge on any atom is 0.251 e. The third kappa shape index (κ3) is 4.23. The number of halogens is 2. The van der Waals surface area contributed by atoms with Crippen LogP contribution in [0.1, 0.15) is 15.9 Å². The number of nitrogens with one attached hydrogen (secondary N) is 2. The number of carbonyl (C=O) groups is 1. The highest BCUT2D eigenvalue weighted by Gasteiger charge is 2.11. The number of amides is 1. The van der Waals surface area contributed by atoms with Crippen LogP contribution in [0.2, 0.25) is 0 Å². The van der Waals surface area contributed by atoms with Gasteiger partial charge in [0.15, 0.2) is 0 Å². The molecule has 0 saturated carbocycles. The Bertz CT molecular complexity index is 1450. The van der Waals surface area contributed by atoms with Crippen molar-refractivity contribution in [3.05, 3.63) is 114 Å². The number of H-pyrrole nitrogens is 1. The molecule has 4 aromatic carbocycles. The van der Waals surface area contributed by atoms with E-state index < -0.39 is 11.6 Å². The van der Waals surface area contributed by atoms with Crippen molar-refractivity contribution < 1.29 is 13.6 Å². The highest BCUT2D eigenvalue weighted by Crippen LogP contribution is 2.29. The van der Waals surface area contributed by atoms with Gasteiger partial charge in [0.05, 0.1) is 11.4 Å². The van der Waals surface area contributed by atoms with Crippen molar-refractivity contribution in [3.8, 4) is 22.5 Å². The summed E-state index contributed by atoms with van der Waals surface area (Å²) in [6.07, 6.45) is 0. The summed E-state index contributed by atoms with van der Waals surface area (Å²) in [4.78, 5) is 12.4. The Labute approximate surface area is 188 Å². The normalized spacial score (nSPS) is 11.0. The van der Waals surface area contributed by atoms with Crippen LogP contribution in [0.5, 0.6) is 0 Å². The van der Waals surface area contributed by atoms with Gasteiger partial charge in [-0.25, -0.2) is 8.78 Å². The standard InChI is InChI=1S/C27H19F2N3O/c28-21-13-12-20(24(29)14-21)16-30-27(33)19-10-8-18(9-11-19)25-15-26(32-31-25)23-7-3-5-17-4-1-2-6-22(17)23/h1-15H,16H2,(H,30,33)(H,31,32). The van der Waals surface area contributed by atoms with Gasteiger partial charge < -0.3 is 5.32 Å². The van der Waals surface area contributed by atoms with Crippen LogP contribution in [0.3, 0.4) is 0 Å². The molecule has 4 nitrogen and oxygen atoms in total. The van der Waals surface area contributed by atoms with Gasteiger partial charge in [-0.15, -0.1) is 0 Å². The van der Waals surface area contributed by atoms with E-state index in [-0.39, 0.29) is 18.0 Å². The van der Waals surface area contributed by atoms with Crippen LogP contribution >= 0.6 is 0 Å². The molecule has 0 fully saturated rings. The summed E-state index contributed by atoms with van der Waals surface area (Å²) >= 11 is 0. The predicted molar refractivity (Wildman–Crippen MR) is 124 cm³/mol. The van der Waals surface area contributed by atoms with Crippen LogP contribution in [-0.4, -0.2) is 16.1 Å². The monoisotopic (exact) mass is 439 g/mol. The molecule has 0 aliphatic rings. The summed E-state index contributed by atoms with van der Waals surface area (Å²) in [7, 11) is 0. The largest absolute Gasteiger partial charge is 0.348 e. The number of nitrogens with zero attached hydrogens (tertiary/aromatic N) is 1. The molecule has 1 heterocycles. The number of rotatable bonds is 5. The first-order valence-corrected chi connectivity index (χ1v) is 10.4. The summed E-state index contributed by atoms with van der Waals surface area (Å²) in [5.41, 5.74) is 4.25. The molecule has 5 aromatic rings. The summed E-state index contributed by atoms with van der Waals surface area (Å²) in [6, 6.07) is 26.6. The van der Waals surface area contributed by atoms with E-state index in [1.807, 2.05) is 36.4 Å². The average molecular weight is 439 g/mol. The van der Waals surface area contributed by atoms with Crippen LogP contribution in [-0.2, 0) is 6.54 Å². The third-order valence-corrected chi connectivity index (χ3v) is 5.56. The number of benzene rings is 4. The summed E-state index contributed by atoms with van der Waals surface area (Å²) < 4.78 is 26.8. The van der Waals surface area contributed by atoms with Crippen molar-refractivity contribution in [2.45, 2.75) is 6.54 Å². The molecule has 0 aliphatic heterocycles. The Balaban J connectivity index is 1.32. The fourth-order valence-electron chi connectivity index (χ4n) is 3.80. The van der Waals surface area contributed by atoms with E-state index in [1.54, 1.807) is 12.1 Å². The smallest absolute Gasteiger partial charge is 0.251 e. The van der Waals surface area contributed by atoms with Crippen LogP contribution in [0.4, 0.5) is 8.78 Å². The van der Waals surface area contributed by atoms with Gasteiger partial charge in [0.1, 0.15) is 11.6 Å². The van der Waals surface area contributed by atoms with Crippen LogP contribution in [0, 0.1) is 11.6 Å². The van der Waals surface area contributed by atoms with Gasteiger partial charge in [0.2, 0.25) is 0 Å². The van der Waals surface area contributed by atoms with Crippen LogP contribution in [0.15, 0.2) is 91.0 Å². The molecule has 2 N–H and O–H groups in total. The summed E-state index contributed by atoms with van der Waals surface area (Å²) in [6.45, 7) is -0.0273. The Kier molecular flexibility index (Phi) is 5.40. The Hall–Kier alpha value is -4.32. The summed E-state index contributed by atoms with van der Waals surface area (Å²) in [5.74, 6) is -1.69. The minimum atomic E-state index is -0.689. The molecule has 0 unspecified atom stereocenters. The van der Waals surface area contributed by atoms with E-state index >= 15 is 0 Å². The van der Waals surface area contributed by atoms with Crippen molar-refractivity contribution >= 4 is 16.7 Å². The highest BCUT2D eigenvalue weighted by molar-refractivity contribution is 5.96. The number of carbonyl (C=O) groups excluding carboxylic acids is 1. The van der Waals surface area contributed by atoms with E-state index in [1.165, 1.54) is 6.07 Å². The maximum absolute atomic E-state index is 13.8. The van der Waals surface area contributed by atoms with Gasteiger partial charge in [-0.3, -0.25) is 9.89 Å². The van der Waals surface area contributed by atoms with E-state index in [2.05, 4.69) is 39.8 Å². The molecule has 0 radical (unpaired) electrons. The van der Waals surface area contributed by atoms with Gasteiger partial charge in [-0.2, -0.15) is 5.10 Å². The molecule has 0 bridgehead atoms.